The van der Waals surface area contributed by atoms with E-state index in [1.165, 1.54) is 11.1 Å². The lowest BCUT2D eigenvalue weighted by Gasteiger charge is -2.20. The maximum absolute atomic E-state index is 6.23. The largest absolute Gasteiger partial charge is 0.385 e. The van der Waals surface area contributed by atoms with Gasteiger partial charge in [0, 0.05) is 24.2 Å². The van der Waals surface area contributed by atoms with Crippen molar-refractivity contribution >= 4 is 15.9 Å². The molecular formula is C13H20BrNO. The van der Waals surface area contributed by atoms with Crippen LogP contribution < -0.4 is 5.73 Å². The number of rotatable bonds is 5. The van der Waals surface area contributed by atoms with E-state index in [9.17, 15) is 0 Å². The highest BCUT2D eigenvalue weighted by molar-refractivity contribution is 9.10. The normalized spacial score (nSPS) is 14.8. The fraction of sp³-hybridized carbons (Fsp3) is 0.538. The lowest BCUT2D eigenvalue weighted by Crippen LogP contribution is -2.20. The first kappa shape index (κ1) is 13.7. The molecule has 2 N–H and O–H groups in total. The van der Waals surface area contributed by atoms with Gasteiger partial charge in [0.15, 0.2) is 0 Å². The van der Waals surface area contributed by atoms with Crippen molar-refractivity contribution in [2.45, 2.75) is 26.3 Å². The van der Waals surface area contributed by atoms with Gasteiger partial charge < -0.3 is 10.5 Å². The maximum Gasteiger partial charge on any atom is 0.0465 e. The van der Waals surface area contributed by atoms with Gasteiger partial charge in [0.05, 0.1) is 0 Å². The summed E-state index contributed by atoms with van der Waals surface area (Å²) in [6, 6.07) is 6.39. The van der Waals surface area contributed by atoms with Crippen molar-refractivity contribution in [2.24, 2.45) is 11.7 Å². The van der Waals surface area contributed by atoms with E-state index in [1.807, 2.05) is 0 Å². The fourth-order valence-electron chi connectivity index (χ4n) is 1.69. The first-order valence-electron chi connectivity index (χ1n) is 5.56. The zero-order chi connectivity index (χ0) is 12.1. The van der Waals surface area contributed by atoms with Gasteiger partial charge in [-0.1, -0.05) is 35.0 Å². The van der Waals surface area contributed by atoms with Crippen LogP contribution in [0.3, 0.4) is 0 Å². The number of aryl methyl sites for hydroxylation is 1. The number of hydrogen-bond acceptors (Lipinski definition) is 2. The third-order valence-electron chi connectivity index (χ3n) is 2.96. The Morgan fingerprint density at radius 1 is 1.44 bits per heavy atom. The Balaban J connectivity index is 2.71. The molecule has 16 heavy (non-hydrogen) atoms. The zero-order valence-electron chi connectivity index (χ0n) is 10.2. The minimum absolute atomic E-state index is 0.0851. The van der Waals surface area contributed by atoms with Crippen LogP contribution in [-0.2, 0) is 4.74 Å². The molecule has 0 aliphatic heterocycles. The van der Waals surface area contributed by atoms with Crippen LogP contribution in [-0.4, -0.2) is 13.7 Å². The average molecular weight is 286 g/mol. The topological polar surface area (TPSA) is 35.2 Å². The monoisotopic (exact) mass is 285 g/mol. The minimum atomic E-state index is 0.0851. The van der Waals surface area contributed by atoms with Crippen molar-refractivity contribution in [3.05, 3.63) is 33.8 Å². The van der Waals surface area contributed by atoms with Gasteiger partial charge in [-0.25, -0.2) is 0 Å². The Kier molecular flexibility index (Phi) is 5.46. The van der Waals surface area contributed by atoms with Crippen molar-refractivity contribution in [3.8, 4) is 0 Å². The zero-order valence-corrected chi connectivity index (χ0v) is 11.8. The lowest BCUT2D eigenvalue weighted by atomic mass is 9.92. The summed E-state index contributed by atoms with van der Waals surface area (Å²) in [4.78, 5) is 0. The van der Waals surface area contributed by atoms with E-state index in [0.717, 1.165) is 17.5 Å². The smallest absolute Gasteiger partial charge is 0.0465 e. The first-order chi connectivity index (χ1) is 7.56. The van der Waals surface area contributed by atoms with Gasteiger partial charge in [-0.3, -0.25) is 0 Å². The molecule has 2 nitrogen and oxygen atoms in total. The third-order valence-corrected chi connectivity index (χ3v) is 3.85. The van der Waals surface area contributed by atoms with Gasteiger partial charge in [-0.2, -0.15) is 0 Å². The van der Waals surface area contributed by atoms with Crippen LogP contribution in [0, 0.1) is 12.8 Å². The molecule has 0 spiro atoms. The van der Waals surface area contributed by atoms with Crippen molar-refractivity contribution in [3.63, 3.8) is 0 Å². The quantitative estimate of drug-likeness (QED) is 0.900. The SMILES string of the molecule is COCCC(C)C(N)c1ccc(Br)c(C)c1. The molecule has 0 saturated carbocycles. The molecule has 1 aromatic rings. The molecule has 0 radical (unpaired) electrons. The number of hydrogen-bond donors (Lipinski definition) is 1. The maximum atomic E-state index is 6.23. The van der Waals surface area contributed by atoms with Crippen LogP contribution in [0.1, 0.15) is 30.5 Å². The number of nitrogens with two attached hydrogens (primary N) is 1. The standard InChI is InChI=1S/C13H20BrNO/c1-9(6-7-16-3)13(15)11-4-5-12(14)10(2)8-11/h4-5,8-9,13H,6-7,15H2,1-3H3. The fourth-order valence-corrected chi connectivity index (χ4v) is 1.93. The van der Waals surface area contributed by atoms with E-state index < -0.39 is 0 Å². The van der Waals surface area contributed by atoms with Gasteiger partial charge in [-0.15, -0.1) is 0 Å². The molecule has 0 aromatic heterocycles. The number of halogens is 1. The highest BCUT2D eigenvalue weighted by atomic mass is 79.9. The molecule has 2 atom stereocenters. The lowest BCUT2D eigenvalue weighted by molar-refractivity contribution is 0.174. The highest BCUT2D eigenvalue weighted by Gasteiger charge is 2.15. The molecule has 0 aliphatic rings. The molecule has 1 rings (SSSR count). The Morgan fingerprint density at radius 2 is 2.12 bits per heavy atom. The van der Waals surface area contributed by atoms with E-state index in [2.05, 4.69) is 48.0 Å². The van der Waals surface area contributed by atoms with Crippen molar-refractivity contribution in [1.29, 1.82) is 0 Å². The van der Waals surface area contributed by atoms with Gasteiger partial charge in [0.1, 0.15) is 0 Å². The Morgan fingerprint density at radius 3 is 2.69 bits per heavy atom. The predicted molar refractivity (Wildman–Crippen MR) is 71.5 cm³/mol. The molecule has 0 bridgehead atoms. The van der Waals surface area contributed by atoms with E-state index >= 15 is 0 Å². The number of methoxy groups -OCH3 is 1. The van der Waals surface area contributed by atoms with E-state index in [4.69, 9.17) is 10.5 Å². The Bertz CT molecular complexity index is 341. The van der Waals surface area contributed by atoms with Crippen LogP contribution in [0.2, 0.25) is 0 Å². The van der Waals surface area contributed by atoms with E-state index in [0.29, 0.717) is 5.92 Å². The van der Waals surface area contributed by atoms with E-state index in [-0.39, 0.29) is 6.04 Å². The van der Waals surface area contributed by atoms with Crippen LogP contribution >= 0.6 is 15.9 Å². The first-order valence-corrected chi connectivity index (χ1v) is 6.36. The Hall–Kier alpha value is -0.380. The molecule has 0 heterocycles. The summed E-state index contributed by atoms with van der Waals surface area (Å²) in [7, 11) is 1.72. The second-order valence-corrected chi connectivity index (χ2v) is 5.15. The van der Waals surface area contributed by atoms with Crippen molar-refractivity contribution < 1.29 is 4.74 Å². The molecule has 0 amide bonds. The summed E-state index contributed by atoms with van der Waals surface area (Å²) in [5.41, 5.74) is 8.65. The summed E-state index contributed by atoms with van der Waals surface area (Å²) in [6.07, 6.45) is 0.993. The molecule has 0 saturated heterocycles. The highest BCUT2D eigenvalue weighted by Crippen LogP contribution is 2.25. The summed E-state index contributed by atoms with van der Waals surface area (Å²) in [6.45, 7) is 5.02. The molecule has 0 fully saturated rings. The van der Waals surface area contributed by atoms with Gasteiger partial charge in [0.25, 0.3) is 0 Å². The van der Waals surface area contributed by atoms with Gasteiger partial charge >= 0.3 is 0 Å². The molecule has 1 aromatic carbocycles. The molecule has 90 valence electrons. The molecule has 0 aliphatic carbocycles. The Labute approximate surface area is 106 Å². The van der Waals surface area contributed by atoms with E-state index in [1.54, 1.807) is 7.11 Å². The third kappa shape index (κ3) is 3.58. The summed E-state index contributed by atoms with van der Waals surface area (Å²) in [5, 5.41) is 0. The van der Waals surface area contributed by atoms with Crippen LogP contribution in [0.5, 0.6) is 0 Å². The molecular weight excluding hydrogens is 266 g/mol. The van der Waals surface area contributed by atoms with Crippen LogP contribution in [0.25, 0.3) is 0 Å². The second-order valence-electron chi connectivity index (χ2n) is 4.29. The van der Waals surface area contributed by atoms with Crippen molar-refractivity contribution in [2.75, 3.05) is 13.7 Å². The van der Waals surface area contributed by atoms with Crippen molar-refractivity contribution in [1.82, 2.24) is 0 Å². The average Bonchev–Trinajstić information content (AvgIpc) is 2.28. The van der Waals surface area contributed by atoms with Gasteiger partial charge in [0.2, 0.25) is 0 Å². The number of ether oxygens (including phenoxy) is 1. The van der Waals surface area contributed by atoms with Gasteiger partial charge in [-0.05, 0) is 36.5 Å². The summed E-state index contributed by atoms with van der Waals surface area (Å²) >= 11 is 3.50. The number of benzene rings is 1. The molecule has 3 heteroatoms. The summed E-state index contributed by atoms with van der Waals surface area (Å²) in [5.74, 6) is 0.431. The summed E-state index contributed by atoms with van der Waals surface area (Å²) < 4.78 is 6.21. The molecule has 2 unspecified atom stereocenters. The van der Waals surface area contributed by atoms with Crippen LogP contribution in [0.15, 0.2) is 22.7 Å². The van der Waals surface area contributed by atoms with Crippen LogP contribution in [0.4, 0.5) is 0 Å². The predicted octanol–water partition coefficient (Wildman–Crippen LogP) is 3.43. The second kappa shape index (κ2) is 6.38. The minimum Gasteiger partial charge on any atom is -0.385 e.